The molecule has 1 heteroatoms. The van der Waals surface area contributed by atoms with Gasteiger partial charge in [0.1, 0.15) is 0 Å². The van der Waals surface area contributed by atoms with E-state index in [1.807, 2.05) is 0 Å². The summed E-state index contributed by atoms with van der Waals surface area (Å²) in [6, 6.07) is 0. The lowest BCUT2D eigenvalue weighted by Gasteiger charge is -2.15. The fourth-order valence-corrected chi connectivity index (χ4v) is 2.43. The molecule has 1 aliphatic heterocycles. The van der Waals surface area contributed by atoms with Crippen LogP contribution in [0.15, 0.2) is 0 Å². The SMILES string of the molecule is CCCCCN1CCC(CCCC)C1. The number of hydrogen-bond donors (Lipinski definition) is 0. The van der Waals surface area contributed by atoms with Crippen molar-refractivity contribution in [1.82, 2.24) is 4.90 Å². The Bertz CT molecular complexity index is 133. The van der Waals surface area contributed by atoms with Crippen LogP contribution in [0.1, 0.15) is 58.8 Å². The van der Waals surface area contributed by atoms with E-state index in [-0.39, 0.29) is 0 Å². The minimum absolute atomic E-state index is 1.02. The van der Waals surface area contributed by atoms with Crippen molar-refractivity contribution in [2.75, 3.05) is 19.6 Å². The van der Waals surface area contributed by atoms with Gasteiger partial charge >= 0.3 is 0 Å². The molecule has 1 nitrogen and oxygen atoms in total. The predicted octanol–water partition coefficient (Wildman–Crippen LogP) is 3.69. The Hall–Kier alpha value is -0.0400. The van der Waals surface area contributed by atoms with Crippen molar-refractivity contribution in [2.24, 2.45) is 5.92 Å². The average molecular weight is 197 g/mol. The van der Waals surface area contributed by atoms with Crippen molar-refractivity contribution in [3.8, 4) is 0 Å². The molecular formula is C13H27N. The van der Waals surface area contributed by atoms with Crippen molar-refractivity contribution in [1.29, 1.82) is 0 Å². The highest BCUT2D eigenvalue weighted by Gasteiger charge is 2.20. The Morgan fingerprint density at radius 1 is 1.07 bits per heavy atom. The van der Waals surface area contributed by atoms with E-state index in [0.717, 1.165) is 5.92 Å². The first-order valence-corrected chi connectivity index (χ1v) is 6.59. The summed E-state index contributed by atoms with van der Waals surface area (Å²) >= 11 is 0. The number of nitrogens with zero attached hydrogens (tertiary/aromatic N) is 1. The molecule has 0 radical (unpaired) electrons. The molecule has 1 atom stereocenters. The van der Waals surface area contributed by atoms with Gasteiger partial charge in [-0.2, -0.15) is 0 Å². The predicted molar refractivity (Wildman–Crippen MR) is 63.6 cm³/mol. The molecule has 1 rings (SSSR count). The Balaban J connectivity index is 2.02. The Morgan fingerprint density at radius 3 is 2.57 bits per heavy atom. The molecule has 1 saturated heterocycles. The largest absolute Gasteiger partial charge is 0.303 e. The minimum Gasteiger partial charge on any atom is -0.303 e. The molecular weight excluding hydrogens is 170 g/mol. The molecule has 0 aliphatic carbocycles. The van der Waals surface area contributed by atoms with Gasteiger partial charge < -0.3 is 4.90 Å². The van der Waals surface area contributed by atoms with Gasteiger partial charge in [-0.25, -0.2) is 0 Å². The lowest BCUT2D eigenvalue weighted by atomic mass is 10.0. The standard InChI is InChI=1S/C13H27N/c1-3-5-7-10-14-11-9-13(12-14)8-6-4-2/h13H,3-12H2,1-2H3. The van der Waals surface area contributed by atoms with Crippen molar-refractivity contribution in [3.05, 3.63) is 0 Å². The van der Waals surface area contributed by atoms with Gasteiger partial charge in [0.2, 0.25) is 0 Å². The fourth-order valence-electron chi connectivity index (χ4n) is 2.43. The molecule has 84 valence electrons. The van der Waals surface area contributed by atoms with Crippen LogP contribution in [0, 0.1) is 5.92 Å². The molecule has 0 aromatic heterocycles. The third-order valence-electron chi connectivity index (χ3n) is 3.41. The molecule has 1 heterocycles. The summed E-state index contributed by atoms with van der Waals surface area (Å²) < 4.78 is 0. The van der Waals surface area contributed by atoms with Crippen molar-refractivity contribution in [2.45, 2.75) is 58.8 Å². The fraction of sp³-hybridized carbons (Fsp3) is 1.00. The van der Waals surface area contributed by atoms with Gasteiger partial charge in [-0.3, -0.25) is 0 Å². The summed E-state index contributed by atoms with van der Waals surface area (Å²) in [4.78, 5) is 2.68. The van der Waals surface area contributed by atoms with Crippen LogP contribution in [0.25, 0.3) is 0 Å². The average Bonchev–Trinajstić information content (AvgIpc) is 2.63. The van der Waals surface area contributed by atoms with Gasteiger partial charge in [0.25, 0.3) is 0 Å². The zero-order valence-electron chi connectivity index (χ0n) is 10.1. The van der Waals surface area contributed by atoms with E-state index < -0.39 is 0 Å². The molecule has 1 aliphatic rings. The smallest absolute Gasteiger partial charge is 0.00101 e. The third-order valence-corrected chi connectivity index (χ3v) is 3.41. The maximum absolute atomic E-state index is 2.68. The first-order valence-electron chi connectivity index (χ1n) is 6.59. The van der Waals surface area contributed by atoms with Gasteiger partial charge in [0.15, 0.2) is 0 Å². The Morgan fingerprint density at radius 2 is 1.86 bits per heavy atom. The van der Waals surface area contributed by atoms with E-state index in [1.165, 1.54) is 64.6 Å². The van der Waals surface area contributed by atoms with E-state index >= 15 is 0 Å². The molecule has 1 unspecified atom stereocenters. The summed E-state index contributed by atoms with van der Waals surface area (Å²) in [6.07, 6.45) is 9.92. The second kappa shape index (κ2) is 7.28. The highest BCUT2D eigenvalue weighted by molar-refractivity contribution is 4.75. The van der Waals surface area contributed by atoms with Crippen molar-refractivity contribution < 1.29 is 0 Å². The Labute approximate surface area is 89.9 Å². The van der Waals surface area contributed by atoms with Crippen LogP contribution in [0.2, 0.25) is 0 Å². The van der Waals surface area contributed by atoms with E-state index in [9.17, 15) is 0 Å². The monoisotopic (exact) mass is 197 g/mol. The number of rotatable bonds is 7. The first-order chi connectivity index (χ1) is 6.86. The maximum Gasteiger partial charge on any atom is 0.00101 e. The van der Waals surface area contributed by atoms with Crippen LogP contribution < -0.4 is 0 Å². The van der Waals surface area contributed by atoms with E-state index in [4.69, 9.17) is 0 Å². The molecule has 0 aromatic carbocycles. The van der Waals surface area contributed by atoms with Crippen LogP contribution in [-0.4, -0.2) is 24.5 Å². The molecule has 1 fully saturated rings. The van der Waals surface area contributed by atoms with E-state index in [2.05, 4.69) is 18.7 Å². The van der Waals surface area contributed by atoms with Crippen LogP contribution >= 0.6 is 0 Å². The lowest BCUT2D eigenvalue weighted by molar-refractivity contribution is 0.311. The van der Waals surface area contributed by atoms with Crippen LogP contribution in [0.5, 0.6) is 0 Å². The van der Waals surface area contributed by atoms with E-state index in [1.54, 1.807) is 0 Å². The van der Waals surface area contributed by atoms with Gasteiger partial charge in [-0.1, -0.05) is 39.5 Å². The van der Waals surface area contributed by atoms with Crippen molar-refractivity contribution >= 4 is 0 Å². The molecule has 0 saturated carbocycles. The highest BCUT2D eigenvalue weighted by Crippen LogP contribution is 2.21. The van der Waals surface area contributed by atoms with Crippen LogP contribution in [0.3, 0.4) is 0 Å². The molecule has 0 aromatic rings. The quantitative estimate of drug-likeness (QED) is 0.563. The zero-order chi connectivity index (χ0) is 10.2. The minimum atomic E-state index is 1.02. The third kappa shape index (κ3) is 4.45. The molecule has 0 amide bonds. The summed E-state index contributed by atoms with van der Waals surface area (Å²) in [7, 11) is 0. The highest BCUT2D eigenvalue weighted by atomic mass is 15.1. The number of unbranched alkanes of at least 4 members (excludes halogenated alkanes) is 3. The summed E-state index contributed by atoms with van der Waals surface area (Å²) in [6.45, 7) is 8.71. The lowest BCUT2D eigenvalue weighted by Crippen LogP contribution is -2.21. The van der Waals surface area contributed by atoms with Gasteiger partial charge in [0, 0.05) is 6.54 Å². The second-order valence-corrected chi connectivity index (χ2v) is 4.80. The summed E-state index contributed by atoms with van der Waals surface area (Å²) in [5, 5.41) is 0. The van der Waals surface area contributed by atoms with Gasteiger partial charge in [0.05, 0.1) is 0 Å². The number of hydrogen-bond acceptors (Lipinski definition) is 1. The molecule has 0 N–H and O–H groups in total. The first kappa shape index (κ1) is 12.0. The van der Waals surface area contributed by atoms with E-state index in [0.29, 0.717) is 0 Å². The maximum atomic E-state index is 2.68. The van der Waals surface area contributed by atoms with Gasteiger partial charge in [-0.15, -0.1) is 0 Å². The molecule has 14 heavy (non-hydrogen) atoms. The zero-order valence-corrected chi connectivity index (χ0v) is 10.1. The normalized spacial score (nSPS) is 23.1. The number of likely N-dealkylation sites (tertiary alicyclic amines) is 1. The van der Waals surface area contributed by atoms with Crippen molar-refractivity contribution in [3.63, 3.8) is 0 Å². The van der Waals surface area contributed by atoms with Gasteiger partial charge in [-0.05, 0) is 38.3 Å². The summed E-state index contributed by atoms with van der Waals surface area (Å²) in [5.41, 5.74) is 0. The van der Waals surface area contributed by atoms with Crippen LogP contribution in [0.4, 0.5) is 0 Å². The van der Waals surface area contributed by atoms with Crippen LogP contribution in [-0.2, 0) is 0 Å². The summed E-state index contributed by atoms with van der Waals surface area (Å²) in [5.74, 6) is 1.02. The second-order valence-electron chi connectivity index (χ2n) is 4.80. The topological polar surface area (TPSA) is 3.24 Å². The molecule has 0 spiro atoms. The molecule has 0 bridgehead atoms. The Kier molecular flexibility index (Phi) is 6.25.